The number of imide groups is 1. The number of likely N-dealkylation sites (tertiary alicyclic amines) is 1. The molecule has 2 aliphatic heterocycles. The van der Waals surface area contributed by atoms with Gasteiger partial charge in [0.25, 0.3) is 5.91 Å². The third-order valence-corrected chi connectivity index (χ3v) is 5.26. The molecule has 2 heterocycles. The van der Waals surface area contributed by atoms with Crippen molar-refractivity contribution >= 4 is 17.8 Å². The summed E-state index contributed by atoms with van der Waals surface area (Å²) >= 11 is 0. The molecule has 3 aliphatic rings. The van der Waals surface area contributed by atoms with Crippen LogP contribution in [-0.2, 0) is 9.59 Å². The number of amides is 4. The van der Waals surface area contributed by atoms with Crippen molar-refractivity contribution in [1.29, 1.82) is 0 Å². The fourth-order valence-corrected chi connectivity index (χ4v) is 3.90. The first-order valence-electron chi connectivity index (χ1n) is 7.44. The number of urea groups is 1. The van der Waals surface area contributed by atoms with Gasteiger partial charge in [0.1, 0.15) is 5.54 Å². The molecule has 20 heavy (non-hydrogen) atoms. The maximum Gasteiger partial charge on any atom is 0.322 e. The number of carbonyl (C=O) groups is 3. The van der Waals surface area contributed by atoms with Crippen LogP contribution in [0.2, 0.25) is 0 Å². The summed E-state index contributed by atoms with van der Waals surface area (Å²) in [6.45, 7) is 2.93. The van der Waals surface area contributed by atoms with E-state index in [4.69, 9.17) is 0 Å². The second kappa shape index (κ2) is 4.46. The zero-order valence-corrected chi connectivity index (χ0v) is 11.8. The molecule has 0 aromatic heterocycles. The normalized spacial score (nSPS) is 31.8. The Labute approximate surface area is 118 Å². The average molecular weight is 279 g/mol. The van der Waals surface area contributed by atoms with E-state index in [2.05, 4.69) is 17.6 Å². The number of carbonyl (C=O) groups excluding carboxylic acids is 3. The summed E-state index contributed by atoms with van der Waals surface area (Å²) in [7, 11) is 0. The van der Waals surface area contributed by atoms with E-state index in [0.717, 1.165) is 32.1 Å². The Kier molecular flexibility index (Phi) is 2.99. The lowest BCUT2D eigenvalue weighted by atomic mass is 9.82. The summed E-state index contributed by atoms with van der Waals surface area (Å²) in [4.78, 5) is 37.8. The Morgan fingerprint density at radius 2 is 1.95 bits per heavy atom. The summed E-state index contributed by atoms with van der Waals surface area (Å²) in [6.07, 6.45) is 5.48. The maximum absolute atomic E-state index is 12.8. The van der Waals surface area contributed by atoms with Crippen molar-refractivity contribution in [3.63, 3.8) is 0 Å². The van der Waals surface area contributed by atoms with Crippen molar-refractivity contribution in [2.75, 3.05) is 13.1 Å². The molecule has 0 radical (unpaired) electrons. The monoisotopic (exact) mass is 279 g/mol. The molecule has 1 atom stereocenters. The predicted octanol–water partition coefficient (Wildman–Crippen LogP) is 0.767. The third kappa shape index (κ3) is 1.81. The van der Waals surface area contributed by atoms with Crippen LogP contribution in [-0.4, -0.2) is 41.4 Å². The van der Waals surface area contributed by atoms with Crippen molar-refractivity contribution in [2.45, 2.75) is 51.0 Å². The molecule has 0 bridgehead atoms. The Hall–Kier alpha value is -1.59. The molecule has 110 valence electrons. The highest BCUT2D eigenvalue weighted by molar-refractivity contribution is 6.07. The van der Waals surface area contributed by atoms with Crippen LogP contribution in [0.25, 0.3) is 0 Å². The predicted molar refractivity (Wildman–Crippen MR) is 71.8 cm³/mol. The molecular weight excluding hydrogens is 258 g/mol. The maximum atomic E-state index is 12.8. The van der Waals surface area contributed by atoms with Gasteiger partial charge in [-0.3, -0.25) is 14.9 Å². The van der Waals surface area contributed by atoms with Crippen LogP contribution in [0.5, 0.6) is 0 Å². The quantitative estimate of drug-likeness (QED) is 0.733. The summed E-state index contributed by atoms with van der Waals surface area (Å²) < 4.78 is 0. The fraction of sp³-hybridized carbons (Fsp3) is 0.786. The van der Waals surface area contributed by atoms with Crippen molar-refractivity contribution in [3.05, 3.63) is 0 Å². The van der Waals surface area contributed by atoms with E-state index in [1.807, 2.05) is 0 Å². The van der Waals surface area contributed by atoms with Gasteiger partial charge in [-0.25, -0.2) is 4.79 Å². The molecule has 1 saturated carbocycles. The smallest absolute Gasteiger partial charge is 0.322 e. The second-order valence-electron chi connectivity index (χ2n) is 6.31. The van der Waals surface area contributed by atoms with Crippen molar-refractivity contribution in [2.24, 2.45) is 5.41 Å². The van der Waals surface area contributed by atoms with Gasteiger partial charge in [0.15, 0.2) is 0 Å². The zero-order valence-electron chi connectivity index (χ0n) is 11.8. The molecule has 1 spiro atoms. The summed E-state index contributed by atoms with van der Waals surface area (Å²) in [5, 5.41) is 4.97. The van der Waals surface area contributed by atoms with Crippen LogP contribution in [0.4, 0.5) is 4.79 Å². The average Bonchev–Trinajstić information content (AvgIpc) is 3.11. The Bertz CT molecular complexity index is 470. The molecular formula is C14H21N3O3. The number of hydrogen-bond donors (Lipinski definition) is 2. The lowest BCUT2D eigenvalue weighted by Gasteiger charge is -2.32. The van der Waals surface area contributed by atoms with Gasteiger partial charge in [-0.2, -0.15) is 0 Å². The first kappa shape index (κ1) is 13.4. The molecule has 3 fully saturated rings. The largest absolute Gasteiger partial charge is 0.339 e. The number of rotatable bonds is 2. The zero-order chi connectivity index (χ0) is 14.4. The van der Waals surface area contributed by atoms with Gasteiger partial charge in [0, 0.05) is 12.0 Å². The molecule has 6 heteroatoms. The molecule has 2 N–H and O–H groups in total. The number of hydrogen-bond acceptors (Lipinski definition) is 3. The van der Waals surface area contributed by atoms with Crippen LogP contribution in [0.15, 0.2) is 0 Å². The highest BCUT2D eigenvalue weighted by Crippen LogP contribution is 2.43. The minimum Gasteiger partial charge on any atom is -0.339 e. The van der Waals surface area contributed by atoms with Crippen LogP contribution >= 0.6 is 0 Å². The molecule has 1 aliphatic carbocycles. The SMILES string of the molecule is CCC1(C(=O)N2CCC3(C2)NC(=O)NC3=O)CCCC1. The van der Waals surface area contributed by atoms with E-state index in [1.54, 1.807) is 4.90 Å². The molecule has 0 aromatic rings. The minimum atomic E-state index is -0.889. The molecule has 3 rings (SSSR count). The number of nitrogens with one attached hydrogen (secondary N) is 2. The van der Waals surface area contributed by atoms with Gasteiger partial charge in [-0.15, -0.1) is 0 Å². The Balaban J connectivity index is 1.76. The Morgan fingerprint density at radius 1 is 1.25 bits per heavy atom. The second-order valence-corrected chi connectivity index (χ2v) is 6.31. The first-order chi connectivity index (χ1) is 9.51. The lowest BCUT2D eigenvalue weighted by molar-refractivity contribution is -0.141. The Morgan fingerprint density at radius 3 is 2.50 bits per heavy atom. The van der Waals surface area contributed by atoms with E-state index in [-0.39, 0.29) is 17.2 Å². The summed E-state index contributed by atoms with van der Waals surface area (Å²) in [5.41, 5.74) is -1.12. The third-order valence-electron chi connectivity index (χ3n) is 5.26. The van der Waals surface area contributed by atoms with E-state index >= 15 is 0 Å². The van der Waals surface area contributed by atoms with Gasteiger partial charge in [0.05, 0.1) is 6.54 Å². The van der Waals surface area contributed by atoms with Crippen molar-refractivity contribution in [3.8, 4) is 0 Å². The fourth-order valence-electron chi connectivity index (χ4n) is 3.90. The highest BCUT2D eigenvalue weighted by atomic mass is 16.2. The van der Waals surface area contributed by atoms with Crippen LogP contribution in [0, 0.1) is 5.41 Å². The van der Waals surface area contributed by atoms with Gasteiger partial charge >= 0.3 is 6.03 Å². The lowest BCUT2D eigenvalue weighted by Crippen LogP contribution is -2.51. The van der Waals surface area contributed by atoms with E-state index < -0.39 is 11.6 Å². The molecule has 6 nitrogen and oxygen atoms in total. The molecule has 0 aromatic carbocycles. The van der Waals surface area contributed by atoms with Crippen LogP contribution < -0.4 is 10.6 Å². The van der Waals surface area contributed by atoms with Gasteiger partial charge in [0.2, 0.25) is 5.91 Å². The minimum absolute atomic E-state index is 0.170. The van der Waals surface area contributed by atoms with Gasteiger partial charge in [-0.05, 0) is 25.7 Å². The van der Waals surface area contributed by atoms with Crippen molar-refractivity contribution < 1.29 is 14.4 Å². The van der Waals surface area contributed by atoms with E-state index in [1.165, 1.54) is 0 Å². The van der Waals surface area contributed by atoms with E-state index in [9.17, 15) is 14.4 Å². The summed E-state index contributed by atoms with van der Waals surface area (Å²) in [5.74, 6) is -0.127. The number of nitrogens with zero attached hydrogens (tertiary/aromatic N) is 1. The summed E-state index contributed by atoms with van der Waals surface area (Å²) in [6, 6.07) is -0.449. The van der Waals surface area contributed by atoms with Crippen LogP contribution in [0.3, 0.4) is 0 Å². The van der Waals surface area contributed by atoms with Gasteiger partial charge in [-0.1, -0.05) is 19.8 Å². The highest BCUT2D eigenvalue weighted by Gasteiger charge is 2.54. The van der Waals surface area contributed by atoms with Crippen LogP contribution in [0.1, 0.15) is 45.4 Å². The topological polar surface area (TPSA) is 78.5 Å². The standard InChI is InChI=1S/C14H21N3O3/c1-2-13(5-3-4-6-13)11(19)17-8-7-14(9-17)10(18)15-12(20)16-14/h2-9H2,1H3,(H2,15,16,18,20). The van der Waals surface area contributed by atoms with Crippen molar-refractivity contribution in [1.82, 2.24) is 15.5 Å². The molecule has 2 saturated heterocycles. The molecule has 4 amide bonds. The first-order valence-corrected chi connectivity index (χ1v) is 7.44. The molecule has 1 unspecified atom stereocenters. The van der Waals surface area contributed by atoms with E-state index in [0.29, 0.717) is 19.5 Å². The van der Waals surface area contributed by atoms with Gasteiger partial charge < -0.3 is 10.2 Å².